The van der Waals surface area contributed by atoms with Crippen molar-refractivity contribution in [2.24, 2.45) is 5.84 Å². The van der Waals surface area contributed by atoms with E-state index in [1.165, 1.54) is 19.2 Å². The molecule has 5 N–H and O–H groups in total. The van der Waals surface area contributed by atoms with Gasteiger partial charge in [0.05, 0.1) is 5.56 Å². The van der Waals surface area contributed by atoms with Crippen LogP contribution in [0.15, 0.2) is 30.3 Å². The van der Waals surface area contributed by atoms with E-state index in [1.54, 1.807) is 18.2 Å². The first-order chi connectivity index (χ1) is 9.06. The van der Waals surface area contributed by atoms with Crippen LogP contribution in [0.1, 0.15) is 20.7 Å². The summed E-state index contributed by atoms with van der Waals surface area (Å²) in [6, 6.07) is 7.92. The molecule has 0 heterocycles. The van der Waals surface area contributed by atoms with Crippen molar-refractivity contribution in [1.29, 1.82) is 0 Å². The van der Waals surface area contributed by atoms with E-state index in [9.17, 15) is 14.7 Å². The van der Waals surface area contributed by atoms with Gasteiger partial charge < -0.3 is 10.4 Å². The van der Waals surface area contributed by atoms with Crippen LogP contribution in [0.5, 0.6) is 5.75 Å². The number of hydrazine groups is 1. The minimum Gasteiger partial charge on any atom is -0.507 e. The van der Waals surface area contributed by atoms with Crippen LogP contribution in [0.3, 0.4) is 0 Å². The Kier molecular flexibility index (Phi) is 3.35. The maximum Gasteiger partial charge on any atom is 0.268 e. The molecular weight excluding hydrogens is 246 g/mol. The van der Waals surface area contributed by atoms with Gasteiger partial charge in [-0.05, 0) is 35.0 Å². The first-order valence-corrected chi connectivity index (χ1v) is 5.56. The molecule has 6 nitrogen and oxygen atoms in total. The number of rotatable bonds is 2. The van der Waals surface area contributed by atoms with Gasteiger partial charge in [0.2, 0.25) is 0 Å². The average molecular weight is 259 g/mol. The third-order valence-corrected chi connectivity index (χ3v) is 2.82. The molecule has 6 heteroatoms. The van der Waals surface area contributed by atoms with Gasteiger partial charge in [-0.2, -0.15) is 0 Å². The van der Waals surface area contributed by atoms with Gasteiger partial charge in [0.15, 0.2) is 0 Å². The molecule has 2 aromatic carbocycles. The van der Waals surface area contributed by atoms with Crippen LogP contribution in [0.2, 0.25) is 0 Å². The highest BCUT2D eigenvalue weighted by Gasteiger charge is 2.12. The molecule has 0 saturated heterocycles. The minimum absolute atomic E-state index is 0.0593. The summed E-state index contributed by atoms with van der Waals surface area (Å²) in [6.07, 6.45) is 0. The number of nitrogens with one attached hydrogen (secondary N) is 2. The van der Waals surface area contributed by atoms with E-state index in [4.69, 9.17) is 5.84 Å². The number of nitrogens with two attached hydrogens (primary N) is 1. The van der Waals surface area contributed by atoms with Crippen LogP contribution in [0.4, 0.5) is 0 Å². The molecule has 19 heavy (non-hydrogen) atoms. The van der Waals surface area contributed by atoms with E-state index < -0.39 is 5.91 Å². The Morgan fingerprint density at radius 2 is 1.84 bits per heavy atom. The molecule has 0 saturated carbocycles. The second kappa shape index (κ2) is 4.95. The molecule has 2 rings (SSSR count). The zero-order valence-corrected chi connectivity index (χ0v) is 10.2. The lowest BCUT2D eigenvalue weighted by atomic mass is 10.0. The van der Waals surface area contributed by atoms with Crippen LogP contribution >= 0.6 is 0 Å². The van der Waals surface area contributed by atoms with Crippen LogP contribution in [-0.2, 0) is 0 Å². The van der Waals surface area contributed by atoms with Crippen molar-refractivity contribution in [2.45, 2.75) is 0 Å². The predicted molar refractivity (Wildman–Crippen MR) is 70.7 cm³/mol. The number of hydrogen-bond donors (Lipinski definition) is 4. The number of phenols is 1. The Morgan fingerprint density at radius 1 is 1.11 bits per heavy atom. The second-order valence-electron chi connectivity index (χ2n) is 3.98. The summed E-state index contributed by atoms with van der Waals surface area (Å²) >= 11 is 0. The standard InChI is InChI=1S/C13H13N3O3/c1-15-12(18)8-3-2-7-6-11(17)10(13(19)16-14)5-9(7)4-8/h2-6,17H,14H2,1H3,(H,15,18)(H,16,19). The first kappa shape index (κ1) is 12.8. The number of nitrogen functional groups attached to an aromatic ring is 1. The van der Waals surface area contributed by atoms with Gasteiger partial charge in [-0.25, -0.2) is 5.84 Å². The normalized spacial score (nSPS) is 10.2. The average Bonchev–Trinajstić information content (AvgIpc) is 2.44. The van der Waals surface area contributed by atoms with Gasteiger partial charge in [0, 0.05) is 12.6 Å². The predicted octanol–water partition coefficient (Wildman–Crippen LogP) is 0.508. The lowest BCUT2D eigenvalue weighted by Crippen LogP contribution is -2.30. The molecule has 0 aliphatic carbocycles. The zero-order valence-electron chi connectivity index (χ0n) is 10.2. The summed E-state index contributed by atoms with van der Waals surface area (Å²) in [7, 11) is 1.54. The van der Waals surface area contributed by atoms with Crippen molar-refractivity contribution < 1.29 is 14.7 Å². The van der Waals surface area contributed by atoms with Crippen LogP contribution in [0, 0.1) is 0 Å². The molecule has 98 valence electrons. The molecule has 0 aromatic heterocycles. The van der Waals surface area contributed by atoms with Crippen molar-refractivity contribution >= 4 is 22.6 Å². The van der Waals surface area contributed by atoms with Gasteiger partial charge in [0.1, 0.15) is 5.75 Å². The molecule has 0 spiro atoms. The smallest absolute Gasteiger partial charge is 0.268 e. The number of carbonyl (C=O) groups is 2. The Morgan fingerprint density at radius 3 is 2.47 bits per heavy atom. The van der Waals surface area contributed by atoms with Crippen LogP contribution in [-0.4, -0.2) is 24.0 Å². The summed E-state index contributed by atoms with van der Waals surface area (Å²) in [5.41, 5.74) is 2.49. The fourth-order valence-electron chi connectivity index (χ4n) is 1.83. The fraction of sp³-hybridized carbons (Fsp3) is 0.0769. The summed E-state index contributed by atoms with van der Waals surface area (Å²) in [4.78, 5) is 23.0. The van der Waals surface area contributed by atoms with Crippen LogP contribution < -0.4 is 16.6 Å². The molecule has 0 fully saturated rings. The quantitative estimate of drug-likeness (QED) is 0.358. The first-order valence-electron chi connectivity index (χ1n) is 5.56. The lowest BCUT2D eigenvalue weighted by molar-refractivity contribution is 0.0947. The molecule has 2 amide bonds. The number of amides is 2. The highest BCUT2D eigenvalue weighted by atomic mass is 16.3. The summed E-state index contributed by atoms with van der Waals surface area (Å²) in [6.45, 7) is 0. The monoisotopic (exact) mass is 259 g/mol. The summed E-state index contributed by atoms with van der Waals surface area (Å²) in [5.74, 6) is 4.06. The van der Waals surface area contributed by atoms with E-state index in [-0.39, 0.29) is 17.2 Å². The minimum atomic E-state index is -0.593. The van der Waals surface area contributed by atoms with Gasteiger partial charge in [-0.1, -0.05) is 6.07 Å². The van der Waals surface area contributed by atoms with Crippen molar-refractivity contribution in [3.8, 4) is 5.75 Å². The molecular formula is C13H13N3O3. The number of fused-ring (bicyclic) bond motifs is 1. The van der Waals surface area contributed by atoms with Gasteiger partial charge >= 0.3 is 0 Å². The zero-order chi connectivity index (χ0) is 14.0. The van der Waals surface area contributed by atoms with E-state index in [0.29, 0.717) is 10.9 Å². The van der Waals surface area contributed by atoms with Gasteiger partial charge in [-0.3, -0.25) is 15.0 Å². The lowest BCUT2D eigenvalue weighted by Gasteiger charge is -2.07. The Balaban J connectivity index is 2.61. The maximum atomic E-state index is 11.5. The van der Waals surface area contributed by atoms with Crippen molar-refractivity contribution in [3.05, 3.63) is 41.5 Å². The molecule has 0 unspecified atom stereocenters. The SMILES string of the molecule is CNC(=O)c1ccc2cc(O)c(C(=O)NN)cc2c1. The highest BCUT2D eigenvalue weighted by Crippen LogP contribution is 2.25. The molecule has 2 aromatic rings. The number of phenolic OH excluding ortho intramolecular Hbond substituents is 1. The molecule has 0 aliphatic rings. The molecule has 0 bridgehead atoms. The maximum absolute atomic E-state index is 11.5. The Hall–Kier alpha value is -2.60. The molecule has 0 atom stereocenters. The van der Waals surface area contributed by atoms with Crippen molar-refractivity contribution in [1.82, 2.24) is 10.7 Å². The topological polar surface area (TPSA) is 104 Å². The largest absolute Gasteiger partial charge is 0.507 e. The van der Waals surface area contributed by atoms with Crippen molar-refractivity contribution in [2.75, 3.05) is 7.05 Å². The number of aromatic hydroxyl groups is 1. The summed E-state index contributed by atoms with van der Waals surface area (Å²) in [5, 5.41) is 13.6. The second-order valence-corrected chi connectivity index (χ2v) is 3.98. The van der Waals surface area contributed by atoms with Crippen molar-refractivity contribution in [3.63, 3.8) is 0 Å². The van der Waals surface area contributed by atoms with Gasteiger partial charge in [0.25, 0.3) is 11.8 Å². The van der Waals surface area contributed by atoms with E-state index in [2.05, 4.69) is 5.32 Å². The third-order valence-electron chi connectivity index (χ3n) is 2.82. The highest BCUT2D eigenvalue weighted by molar-refractivity contribution is 6.03. The molecule has 0 radical (unpaired) electrons. The Bertz CT molecular complexity index is 667. The van der Waals surface area contributed by atoms with E-state index in [0.717, 1.165) is 5.39 Å². The third kappa shape index (κ3) is 2.34. The number of benzene rings is 2. The number of hydrogen-bond acceptors (Lipinski definition) is 4. The fourth-order valence-corrected chi connectivity index (χ4v) is 1.83. The Labute approximate surface area is 109 Å². The summed E-state index contributed by atoms with van der Waals surface area (Å²) < 4.78 is 0. The van der Waals surface area contributed by atoms with E-state index in [1.807, 2.05) is 5.43 Å². The molecule has 0 aliphatic heterocycles. The van der Waals surface area contributed by atoms with Gasteiger partial charge in [-0.15, -0.1) is 0 Å². The van der Waals surface area contributed by atoms with E-state index >= 15 is 0 Å². The van der Waals surface area contributed by atoms with Crippen LogP contribution in [0.25, 0.3) is 10.8 Å². The number of carbonyl (C=O) groups excluding carboxylic acids is 2.